The molecule has 84 valence electrons. The Kier molecular flexibility index (Phi) is 5.45. The molecule has 0 aliphatic rings. The summed E-state index contributed by atoms with van der Waals surface area (Å²) in [7, 11) is 0. The Morgan fingerprint density at radius 2 is 2.40 bits per heavy atom. The second-order valence-electron chi connectivity index (χ2n) is 2.74. The molecule has 6 heteroatoms. The molecule has 1 heterocycles. The van der Waals surface area contributed by atoms with Gasteiger partial charge in [0, 0.05) is 11.4 Å². The van der Waals surface area contributed by atoms with Gasteiger partial charge in [0.05, 0.1) is 10.9 Å². The van der Waals surface area contributed by atoms with E-state index in [4.69, 9.17) is 16.7 Å². The van der Waals surface area contributed by atoms with Crippen LogP contribution in [0, 0.1) is 0 Å². The summed E-state index contributed by atoms with van der Waals surface area (Å²) < 4.78 is 5.36. The molecule has 15 heavy (non-hydrogen) atoms. The number of aliphatic hydroxyl groups is 1. The minimum absolute atomic E-state index is 0.0245. The third-order valence-corrected chi connectivity index (χ3v) is 2.88. The van der Waals surface area contributed by atoms with E-state index in [-0.39, 0.29) is 13.2 Å². The van der Waals surface area contributed by atoms with Gasteiger partial charge in [0.2, 0.25) is 0 Å². The Morgan fingerprint density at radius 3 is 3.00 bits per heavy atom. The second kappa shape index (κ2) is 6.66. The third kappa shape index (κ3) is 5.01. The third-order valence-electron chi connectivity index (χ3n) is 1.59. The summed E-state index contributed by atoms with van der Waals surface area (Å²) in [6.07, 6.45) is 0.220. The van der Waals surface area contributed by atoms with Crippen molar-refractivity contribution in [3.63, 3.8) is 0 Å². The molecule has 1 rings (SSSR count). The first-order valence-corrected chi connectivity index (χ1v) is 5.67. The lowest BCUT2D eigenvalue weighted by atomic mass is 10.3. The minimum atomic E-state index is -0.508. The number of ether oxygens (including phenoxy) is 1. The fourth-order valence-electron chi connectivity index (χ4n) is 0.963. The fraction of sp³-hybridized carbons (Fsp3) is 0.444. The minimum Gasteiger partial charge on any atom is -0.447 e. The van der Waals surface area contributed by atoms with Gasteiger partial charge in [-0.25, -0.2) is 4.79 Å². The number of aliphatic hydroxyl groups excluding tert-OH is 1. The first-order valence-electron chi connectivity index (χ1n) is 4.48. The summed E-state index contributed by atoms with van der Waals surface area (Å²) in [5.41, 5.74) is 0. The summed E-state index contributed by atoms with van der Waals surface area (Å²) in [5.74, 6) is 0. The molecule has 1 aromatic rings. The van der Waals surface area contributed by atoms with Gasteiger partial charge in [-0.15, -0.1) is 11.3 Å². The van der Waals surface area contributed by atoms with Crippen molar-refractivity contribution in [2.24, 2.45) is 0 Å². The molecule has 0 saturated carbocycles. The van der Waals surface area contributed by atoms with E-state index in [2.05, 4.69) is 10.1 Å². The zero-order valence-electron chi connectivity index (χ0n) is 8.03. The lowest BCUT2D eigenvalue weighted by molar-refractivity contribution is 0.119. The predicted octanol–water partition coefficient (Wildman–Crippen LogP) is 1.66. The maximum Gasteiger partial charge on any atom is 0.407 e. The van der Waals surface area contributed by atoms with E-state index in [1.807, 2.05) is 12.1 Å². The molecular weight excluding hydrogens is 238 g/mol. The zero-order chi connectivity index (χ0) is 11.1. The molecule has 0 radical (unpaired) electrons. The van der Waals surface area contributed by atoms with Crippen LogP contribution in [0.3, 0.4) is 0 Å². The predicted molar refractivity (Wildman–Crippen MR) is 59.5 cm³/mol. The average molecular weight is 250 g/mol. The van der Waals surface area contributed by atoms with Gasteiger partial charge in [0.25, 0.3) is 0 Å². The van der Waals surface area contributed by atoms with E-state index < -0.39 is 6.09 Å². The molecule has 0 spiro atoms. The van der Waals surface area contributed by atoms with Crippen molar-refractivity contribution < 1.29 is 14.6 Å². The lowest BCUT2D eigenvalue weighted by Crippen LogP contribution is -2.27. The quantitative estimate of drug-likeness (QED) is 0.835. The average Bonchev–Trinajstić information content (AvgIpc) is 2.61. The Morgan fingerprint density at radius 1 is 1.60 bits per heavy atom. The summed E-state index contributed by atoms with van der Waals surface area (Å²) >= 11 is 7.24. The maximum atomic E-state index is 10.9. The van der Waals surface area contributed by atoms with E-state index >= 15 is 0 Å². The van der Waals surface area contributed by atoms with Gasteiger partial charge >= 0.3 is 6.09 Å². The molecular formula is C9H12ClNO3S. The molecule has 0 saturated heterocycles. The largest absolute Gasteiger partial charge is 0.447 e. The molecule has 0 fully saturated rings. The van der Waals surface area contributed by atoms with Crippen molar-refractivity contribution >= 4 is 29.0 Å². The van der Waals surface area contributed by atoms with Gasteiger partial charge < -0.3 is 15.2 Å². The number of nitrogens with one attached hydrogen (secondary N) is 1. The number of carbonyl (C=O) groups is 1. The van der Waals surface area contributed by atoms with E-state index in [0.29, 0.717) is 6.54 Å². The molecule has 0 unspecified atom stereocenters. The second-order valence-corrected chi connectivity index (χ2v) is 4.54. The molecule has 0 aromatic carbocycles. The van der Waals surface area contributed by atoms with Gasteiger partial charge in [-0.05, 0) is 18.6 Å². The molecule has 2 N–H and O–H groups in total. The number of carbonyl (C=O) groups excluding carboxylic acids is 1. The Hall–Kier alpha value is -0.780. The van der Waals surface area contributed by atoms with Crippen LogP contribution < -0.4 is 5.32 Å². The Labute approximate surface area is 96.8 Å². The molecule has 4 nitrogen and oxygen atoms in total. The number of hydrogen-bond donors (Lipinski definition) is 2. The number of amides is 1. The molecule has 0 bridgehead atoms. The van der Waals surface area contributed by atoms with Crippen molar-refractivity contribution in [1.82, 2.24) is 5.32 Å². The van der Waals surface area contributed by atoms with Crippen LogP contribution in [-0.2, 0) is 11.2 Å². The highest BCUT2D eigenvalue weighted by molar-refractivity contribution is 7.16. The molecule has 1 amide bonds. The van der Waals surface area contributed by atoms with Crippen LogP contribution in [0.5, 0.6) is 0 Å². The molecule has 0 atom stereocenters. The Balaban J connectivity index is 2.13. The van der Waals surface area contributed by atoms with Gasteiger partial charge in [-0.2, -0.15) is 0 Å². The number of alkyl carbamates (subject to hydrolysis) is 1. The first-order chi connectivity index (χ1) is 7.22. The van der Waals surface area contributed by atoms with Crippen LogP contribution in [0.25, 0.3) is 0 Å². The summed E-state index contributed by atoms with van der Waals surface area (Å²) in [4.78, 5) is 12.0. The van der Waals surface area contributed by atoms with E-state index in [0.717, 1.165) is 15.6 Å². The Bertz CT molecular complexity index is 316. The van der Waals surface area contributed by atoms with E-state index in [1.54, 1.807) is 0 Å². The monoisotopic (exact) mass is 249 g/mol. The van der Waals surface area contributed by atoms with E-state index in [9.17, 15) is 4.79 Å². The highest BCUT2D eigenvalue weighted by Gasteiger charge is 2.01. The van der Waals surface area contributed by atoms with Crippen molar-refractivity contribution in [3.8, 4) is 0 Å². The smallest absolute Gasteiger partial charge is 0.407 e. The van der Waals surface area contributed by atoms with Crippen LogP contribution in [0.15, 0.2) is 12.1 Å². The summed E-state index contributed by atoms with van der Waals surface area (Å²) in [5, 5.41) is 11.0. The lowest BCUT2D eigenvalue weighted by Gasteiger charge is -2.04. The first kappa shape index (κ1) is 12.3. The van der Waals surface area contributed by atoms with Gasteiger partial charge in [-0.3, -0.25) is 0 Å². The van der Waals surface area contributed by atoms with Crippen LogP contribution in [0.1, 0.15) is 4.88 Å². The maximum absolute atomic E-state index is 10.9. The summed E-state index contributed by atoms with van der Waals surface area (Å²) in [6, 6.07) is 3.75. The molecule has 0 aliphatic carbocycles. The number of halogens is 1. The normalized spacial score (nSPS) is 10.0. The van der Waals surface area contributed by atoms with Gasteiger partial charge in [0.15, 0.2) is 0 Å². The highest BCUT2D eigenvalue weighted by Crippen LogP contribution is 2.21. The van der Waals surface area contributed by atoms with Gasteiger partial charge in [-0.1, -0.05) is 11.6 Å². The molecule has 0 aliphatic heterocycles. The standard InChI is InChI=1S/C9H12ClNO3S/c10-8-2-1-7(15-8)3-4-11-9(13)14-6-5-12/h1-2,12H,3-6H2,(H,11,13). The van der Waals surface area contributed by atoms with E-state index in [1.165, 1.54) is 11.3 Å². The van der Waals surface area contributed by atoms with Crippen LogP contribution in [0.4, 0.5) is 4.79 Å². The van der Waals surface area contributed by atoms with Crippen molar-refractivity contribution in [2.75, 3.05) is 19.8 Å². The number of hydrogen-bond acceptors (Lipinski definition) is 4. The molecule has 1 aromatic heterocycles. The van der Waals surface area contributed by atoms with Crippen molar-refractivity contribution in [2.45, 2.75) is 6.42 Å². The van der Waals surface area contributed by atoms with Crippen molar-refractivity contribution in [1.29, 1.82) is 0 Å². The van der Waals surface area contributed by atoms with Crippen LogP contribution in [0.2, 0.25) is 4.34 Å². The number of thiophene rings is 1. The summed E-state index contributed by atoms with van der Waals surface area (Å²) in [6.45, 7) is 0.367. The highest BCUT2D eigenvalue weighted by atomic mass is 35.5. The SMILES string of the molecule is O=C(NCCc1ccc(Cl)s1)OCCO. The van der Waals surface area contributed by atoms with Gasteiger partial charge in [0.1, 0.15) is 6.61 Å². The zero-order valence-corrected chi connectivity index (χ0v) is 9.61. The number of rotatable bonds is 5. The van der Waals surface area contributed by atoms with Crippen LogP contribution in [-0.4, -0.2) is 31.0 Å². The van der Waals surface area contributed by atoms with Crippen molar-refractivity contribution in [3.05, 3.63) is 21.3 Å². The topological polar surface area (TPSA) is 58.6 Å². The van der Waals surface area contributed by atoms with Crippen LogP contribution >= 0.6 is 22.9 Å². The fourth-order valence-corrected chi connectivity index (χ4v) is 2.05.